The Labute approximate surface area is 148 Å². The molecule has 2 aromatic carbocycles. The number of nitrogens with zero attached hydrogens (tertiary/aromatic N) is 1. The number of carbonyl (C=O) groups excluding carboxylic acids is 1. The molecule has 6 nitrogen and oxygen atoms in total. The highest BCUT2D eigenvalue weighted by Gasteiger charge is 2.10. The van der Waals surface area contributed by atoms with Crippen molar-refractivity contribution in [3.05, 3.63) is 60.2 Å². The number of rotatable bonds is 8. The number of para-hydroxylation sites is 1. The molecule has 0 aliphatic rings. The number of hydrogen-bond donors (Lipinski definition) is 2. The lowest BCUT2D eigenvalue weighted by Crippen LogP contribution is -2.30. The van der Waals surface area contributed by atoms with Crippen LogP contribution >= 0.6 is 0 Å². The minimum atomic E-state index is -3.65. The number of sulfonamides is 1. The topological polar surface area (TPSA) is 92.5 Å². The summed E-state index contributed by atoms with van der Waals surface area (Å²) < 4.78 is 22.4. The fourth-order valence-electron chi connectivity index (χ4n) is 2.36. The summed E-state index contributed by atoms with van der Waals surface area (Å²) in [5.74, 6) is 0.0520. The van der Waals surface area contributed by atoms with E-state index in [0.717, 1.165) is 17.7 Å². The zero-order chi connectivity index (χ0) is 18.3. The first-order valence-electron chi connectivity index (χ1n) is 8.02. The van der Waals surface area contributed by atoms with Gasteiger partial charge in [-0.25, -0.2) is 13.6 Å². The molecule has 0 aliphatic carbocycles. The van der Waals surface area contributed by atoms with E-state index in [9.17, 15) is 13.2 Å². The molecule has 2 rings (SSSR count). The van der Waals surface area contributed by atoms with E-state index in [1.165, 1.54) is 12.1 Å². The first-order valence-corrected chi connectivity index (χ1v) is 9.56. The van der Waals surface area contributed by atoms with Crippen LogP contribution in [0.5, 0.6) is 0 Å². The van der Waals surface area contributed by atoms with Crippen LogP contribution in [-0.2, 0) is 21.2 Å². The van der Waals surface area contributed by atoms with Crippen molar-refractivity contribution < 1.29 is 13.2 Å². The highest BCUT2D eigenvalue weighted by molar-refractivity contribution is 7.89. The summed E-state index contributed by atoms with van der Waals surface area (Å²) in [4.78, 5) is 13.9. The van der Waals surface area contributed by atoms with Gasteiger partial charge in [-0.2, -0.15) is 0 Å². The monoisotopic (exact) mass is 361 g/mol. The normalized spacial score (nSPS) is 11.3. The molecular weight excluding hydrogens is 338 g/mol. The average Bonchev–Trinajstić information content (AvgIpc) is 2.61. The third-order valence-corrected chi connectivity index (χ3v) is 4.80. The van der Waals surface area contributed by atoms with Gasteiger partial charge < -0.3 is 10.2 Å². The minimum Gasteiger partial charge on any atom is -0.316 e. The summed E-state index contributed by atoms with van der Waals surface area (Å²) in [6.45, 7) is 1.29. The molecule has 0 aliphatic heterocycles. The Kier molecular flexibility index (Phi) is 6.69. The van der Waals surface area contributed by atoms with Crippen LogP contribution in [0.4, 0.5) is 5.69 Å². The number of primary sulfonamides is 1. The molecule has 0 fully saturated rings. The molecule has 2 aromatic rings. The van der Waals surface area contributed by atoms with Crippen LogP contribution in [0.25, 0.3) is 0 Å². The Morgan fingerprint density at radius 1 is 1.04 bits per heavy atom. The highest BCUT2D eigenvalue weighted by atomic mass is 32.2. The van der Waals surface area contributed by atoms with E-state index in [-0.39, 0.29) is 10.8 Å². The molecule has 0 spiro atoms. The number of nitrogens with two attached hydrogens (primary N) is 1. The molecule has 25 heavy (non-hydrogen) atoms. The van der Waals surface area contributed by atoms with Crippen molar-refractivity contribution in [3.63, 3.8) is 0 Å². The van der Waals surface area contributed by atoms with Crippen LogP contribution in [0.3, 0.4) is 0 Å². The Morgan fingerprint density at radius 3 is 2.28 bits per heavy atom. The molecule has 0 saturated heterocycles. The predicted octanol–water partition coefficient (Wildman–Crippen LogP) is 1.52. The Morgan fingerprint density at radius 2 is 1.68 bits per heavy atom. The molecule has 0 radical (unpaired) electrons. The molecule has 0 unspecified atom stereocenters. The maximum atomic E-state index is 12.1. The van der Waals surface area contributed by atoms with Gasteiger partial charge in [0, 0.05) is 25.7 Å². The highest BCUT2D eigenvalue weighted by Crippen LogP contribution is 2.12. The summed E-state index contributed by atoms with van der Waals surface area (Å²) in [6.07, 6.45) is 1.16. The van der Waals surface area contributed by atoms with E-state index in [1.54, 1.807) is 24.1 Å². The zero-order valence-electron chi connectivity index (χ0n) is 14.2. The molecule has 0 aromatic heterocycles. The van der Waals surface area contributed by atoms with Gasteiger partial charge in [-0.3, -0.25) is 4.79 Å². The van der Waals surface area contributed by atoms with Gasteiger partial charge in [0.05, 0.1) is 4.90 Å². The number of amides is 1. The summed E-state index contributed by atoms with van der Waals surface area (Å²) in [6, 6.07) is 16.0. The van der Waals surface area contributed by atoms with E-state index in [1.807, 2.05) is 30.3 Å². The maximum absolute atomic E-state index is 12.1. The van der Waals surface area contributed by atoms with Crippen molar-refractivity contribution in [3.8, 4) is 0 Å². The molecule has 0 bridgehead atoms. The number of anilines is 1. The van der Waals surface area contributed by atoms with Crippen LogP contribution in [0.1, 0.15) is 12.0 Å². The van der Waals surface area contributed by atoms with Crippen LogP contribution in [0.15, 0.2) is 59.5 Å². The van der Waals surface area contributed by atoms with Gasteiger partial charge in [0.15, 0.2) is 0 Å². The predicted molar refractivity (Wildman–Crippen MR) is 98.9 cm³/mol. The molecule has 0 heterocycles. The number of benzene rings is 2. The van der Waals surface area contributed by atoms with Gasteiger partial charge in [-0.05, 0) is 42.8 Å². The maximum Gasteiger partial charge on any atom is 0.238 e. The van der Waals surface area contributed by atoms with E-state index >= 15 is 0 Å². The van der Waals surface area contributed by atoms with Gasteiger partial charge in [-0.15, -0.1) is 0 Å². The van der Waals surface area contributed by atoms with Crippen LogP contribution in [0.2, 0.25) is 0 Å². The van der Waals surface area contributed by atoms with Crippen molar-refractivity contribution in [2.45, 2.75) is 17.7 Å². The number of hydrogen-bond acceptors (Lipinski definition) is 4. The van der Waals surface area contributed by atoms with E-state index in [0.29, 0.717) is 19.5 Å². The zero-order valence-corrected chi connectivity index (χ0v) is 15.0. The average molecular weight is 361 g/mol. The fourth-order valence-corrected chi connectivity index (χ4v) is 2.88. The fraction of sp³-hybridized carbons (Fsp3) is 0.278. The van der Waals surface area contributed by atoms with Gasteiger partial charge in [-0.1, -0.05) is 30.3 Å². The molecule has 7 heteroatoms. The van der Waals surface area contributed by atoms with E-state index in [2.05, 4.69) is 5.32 Å². The van der Waals surface area contributed by atoms with Crippen LogP contribution in [-0.4, -0.2) is 34.5 Å². The van der Waals surface area contributed by atoms with Crippen molar-refractivity contribution in [2.75, 3.05) is 25.0 Å². The Balaban J connectivity index is 1.70. The molecule has 0 saturated carbocycles. The van der Waals surface area contributed by atoms with Gasteiger partial charge in [0.1, 0.15) is 0 Å². The quantitative estimate of drug-likeness (QED) is 0.697. The molecule has 134 valence electrons. The standard InChI is InChI=1S/C18H23N3O3S/c1-21(16-5-3-2-4-6-16)18(22)12-14-20-13-11-15-7-9-17(10-8-15)25(19,23)24/h2-10,20H,11-14H2,1H3,(H2,19,23,24). The van der Waals surface area contributed by atoms with Crippen molar-refractivity contribution in [1.29, 1.82) is 0 Å². The summed E-state index contributed by atoms with van der Waals surface area (Å²) in [7, 11) is -1.88. The SMILES string of the molecule is CN(C(=O)CCNCCc1ccc(S(N)(=O)=O)cc1)c1ccccc1. The Bertz CT molecular complexity index is 790. The Hall–Kier alpha value is -2.22. The largest absolute Gasteiger partial charge is 0.316 e. The van der Waals surface area contributed by atoms with Crippen LogP contribution < -0.4 is 15.4 Å². The van der Waals surface area contributed by atoms with Gasteiger partial charge in [0.2, 0.25) is 15.9 Å². The lowest BCUT2D eigenvalue weighted by molar-refractivity contribution is -0.118. The second kappa shape index (κ2) is 8.75. The second-order valence-electron chi connectivity index (χ2n) is 5.73. The van der Waals surface area contributed by atoms with Crippen molar-refractivity contribution in [2.24, 2.45) is 5.14 Å². The molecular formula is C18H23N3O3S. The lowest BCUT2D eigenvalue weighted by atomic mass is 10.1. The summed E-state index contributed by atoms with van der Waals surface area (Å²) >= 11 is 0. The van der Waals surface area contributed by atoms with Crippen molar-refractivity contribution >= 4 is 21.6 Å². The van der Waals surface area contributed by atoms with Crippen molar-refractivity contribution in [1.82, 2.24) is 5.32 Å². The lowest BCUT2D eigenvalue weighted by Gasteiger charge is -2.17. The molecule has 1 amide bonds. The van der Waals surface area contributed by atoms with Crippen LogP contribution in [0, 0.1) is 0 Å². The van der Waals surface area contributed by atoms with E-state index in [4.69, 9.17) is 5.14 Å². The molecule has 0 atom stereocenters. The summed E-state index contributed by atoms with van der Waals surface area (Å²) in [5.41, 5.74) is 1.88. The van der Waals surface area contributed by atoms with Gasteiger partial charge >= 0.3 is 0 Å². The van der Waals surface area contributed by atoms with E-state index < -0.39 is 10.0 Å². The molecule has 3 N–H and O–H groups in total. The minimum absolute atomic E-state index is 0.0520. The number of nitrogens with one attached hydrogen (secondary N) is 1. The second-order valence-corrected chi connectivity index (χ2v) is 7.29. The first kappa shape index (κ1) is 19.1. The number of carbonyl (C=O) groups is 1. The van der Waals surface area contributed by atoms with Gasteiger partial charge in [0.25, 0.3) is 0 Å². The smallest absolute Gasteiger partial charge is 0.238 e. The third-order valence-electron chi connectivity index (χ3n) is 3.88. The summed E-state index contributed by atoms with van der Waals surface area (Å²) in [5, 5.41) is 8.29. The third kappa shape index (κ3) is 5.97. The first-order chi connectivity index (χ1) is 11.9.